The van der Waals surface area contributed by atoms with Crippen molar-refractivity contribution < 1.29 is 4.79 Å². The van der Waals surface area contributed by atoms with E-state index >= 15 is 0 Å². The molecule has 1 N–H and O–H groups in total. The fourth-order valence-corrected chi connectivity index (χ4v) is 1.16. The Morgan fingerprint density at radius 1 is 1.59 bits per heavy atom. The maximum Gasteiger partial charge on any atom is 0.216 e. The lowest BCUT2D eigenvalue weighted by molar-refractivity contribution is -0.118. The molecule has 5 heteroatoms. The Morgan fingerprint density at radius 2 is 2.41 bits per heavy atom. The van der Waals surface area contributed by atoms with Gasteiger partial charge in [0.2, 0.25) is 5.91 Å². The molecule has 0 spiro atoms. The van der Waals surface area contributed by atoms with E-state index in [1.165, 1.54) is 6.92 Å². The van der Waals surface area contributed by atoms with Gasteiger partial charge in [0, 0.05) is 36.1 Å². The van der Waals surface area contributed by atoms with Crippen LogP contribution in [0.4, 0.5) is 5.69 Å². The third kappa shape index (κ3) is 5.26. The van der Waals surface area contributed by atoms with Crippen molar-refractivity contribution in [3.05, 3.63) is 40.3 Å². The molecule has 1 aromatic carbocycles. The second-order valence-electron chi connectivity index (χ2n) is 3.27. The lowest BCUT2D eigenvalue weighted by Gasteiger charge is -1.95. The molecule has 0 heterocycles. The molecule has 86 valence electrons. The minimum Gasteiger partial charge on any atom is -0.355 e. The molecule has 0 saturated carbocycles. The summed E-state index contributed by atoms with van der Waals surface area (Å²) in [5, 5.41) is 6.15. The van der Waals surface area contributed by atoms with Crippen LogP contribution >= 0.6 is 0 Å². The van der Waals surface area contributed by atoms with E-state index in [-0.39, 0.29) is 5.91 Å². The highest BCUT2D eigenvalue weighted by molar-refractivity contribution is 5.72. The van der Waals surface area contributed by atoms with E-state index in [0.29, 0.717) is 18.7 Å². The summed E-state index contributed by atoms with van der Waals surface area (Å²) in [6, 6.07) is 7.04. The van der Waals surface area contributed by atoms with Crippen molar-refractivity contribution >= 4 is 11.6 Å². The van der Waals surface area contributed by atoms with Crippen LogP contribution in [0.15, 0.2) is 29.4 Å². The molecule has 0 radical (unpaired) electrons. The maximum absolute atomic E-state index is 10.6. The number of benzene rings is 1. The number of azide groups is 1. The van der Waals surface area contributed by atoms with Crippen LogP contribution in [0.25, 0.3) is 10.4 Å². The van der Waals surface area contributed by atoms with Gasteiger partial charge in [-0.15, -0.1) is 0 Å². The van der Waals surface area contributed by atoms with Crippen molar-refractivity contribution in [1.82, 2.24) is 5.32 Å². The first kappa shape index (κ1) is 12.6. The van der Waals surface area contributed by atoms with Gasteiger partial charge in [-0.3, -0.25) is 4.79 Å². The molecule has 5 nitrogen and oxygen atoms in total. The van der Waals surface area contributed by atoms with E-state index in [1.807, 2.05) is 6.07 Å². The molecule has 0 saturated heterocycles. The highest BCUT2D eigenvalue weighted by Crippen LogP contribution is 2.13. The summed E-state index contributed by atoms with van der Waals surface area (Å²) in [6.45, 7) is 2.01. The average molecular weight is 228 g/mol. The number of nitrogens with zero attached hydrogens (tertiary/aromatic N) is 3. The molecular formula is C12H12N4O. The average Bonchev–Trinajstić information content (AvgIpc) is 2.29. The maximum atomic E-state index is 10.6. The zero-order valence-corrected chi connectivity index (χ0v) is 9.47. The van der Waals surface area contributed by atoms with Crippen LogP contribution in [0.1, 0.15) is 18.9 Å². The third-order valence-electron chi connectivity index (χ3n) is 1.86. The molecule has 1 amide bonds. The van der Waals surface area contributed by atoms with Gasteiger partial charge < -0.3 is 5.32 Å². The van der Waals surface area contributed by atoms with E-state index in [9.17, 15) is 4.79 Å². The van der Waals surface area contributed by atoms with Gasteiger partial charge in [-0.1, -0.05) is 29.1 Å². The molecule has 1 rings (SSSR count). The van der Waals surface area contributed by atoms with Gasteiger partial charge >= 0.3 is 0 Å². The molecule has 0 bridgehead atoms. The Bertz CT molecular complexity index is 507. The van der Waals surface area contributed by atoms with Crippen molar-refractivity contribution in [2.75, 3.05) is 6.54 Å². The lowest BCUT2D eigenvalue weighted by atomic mass is 10.2. The van der Waals surface area contributed by atoms with Gasteiger partial charge in [-0.05, 0) is 17.7 Å². The standard InChI is InChI=1S/C12H12N4O/c1-10(17)14-8-3-2-5-11-6-4-7-12(9-11)15-16-13/h4,6-7,9H,3,8H2,1H3,(H,14,17). The highest BCUT2D eigenvalue weighted by atomic mass is 16.1. The minimum atomic E-state index is -0.0582. The number of hydrogen-bond donors (Lipinski definition) is 1. The first-order valence-electron chi connectivity index (χ1n) is 5.11. The monoisotopic (exact) mass is 228 g/mol. The SMILES string of the molecule is CC(=O)NCCC#Cc1cccc(N=[N+]=[N-])c1. The molecule has 0 fully saturated rings. The first-order chi connectivity index (χ1) is 8.22. The first-order valence-corrected chi connectivity index (χ1v) is 5.11. The van der Waals surface area contributed by atoms with Gasteiger partial charge in [0.1, 0.15) is 0 Å². The van der Waals surface area contributed by atoms with Gasteiger partial charge in [-0.25, -0.2) is 0 Å². The number of carbonyl (C=O) groups is 1. The summed E-state index contributed by atoms with van der Waals surface area (Å²) in [5.41, 5.74) is 9.62. The number of carbonyl (C=O) groups excluding carboxylic acids is 1. The van der Waals surface area contributed by atoms with E-state index in [4.69, 9.17) is 5.53 Å². The highest BCUT2D eigenvalue weighted by Gasteiger charge is 1.90. The molecule has 0 aliphatic rings. The van der Waals surface area contributed by atoms with Crippen LogP contribution < -0.4 is 5.32 Å². The molecular weight excluding hydrogens is 216 g/mol. The van der Waals surface area contributed by atoms with E-state index in [1.54, 1.807) is 18.2 Å². The summed E-state index contributed by atoms with van der Waals surface area (Å²) in [7, 11) is 0. The zero-order valence-electron chi connectivity index (χ0n) is 9.47. The van der Waals surface area contributed by atoms with Crippen molar-refractivity contribution in [3.63, 3.8) is 0 Å². The Labute approximate surface area is 99.5 Å². The van der Waals surface area contributed by atoms with Gasteiger partial charge in [-0.2, -0.15) is 0 Å². The van der Waals surface area contributed by atoms with Crippen LogP contribution in [-0.4, -0.2) is 12.5 Å². The summed E-state index contributed by atoms with van der Waals surface area (Å²) >= 11 is 0. The second kappa shape index (κ2) is 6.94. The summed E-state index contributed by atoms with van der Waals surface area (Å²) in [5.74, 6) is 5.80. The Kier molecular flexibility index (Phi) is 5.15. The minimum absolute atomic E-state index is 0.0582. The quantitative estimate of drug-likeness (QED) is 0.278. The molecule has 0 unspecified atom stereocenters. The van der Waals surface area contributed by atoms with Crippen molar-refractivity contribution in [1.29, 1.82) is 0 Å². The van der Waals surface area contributed by atoms with Crippen molar-refractivity contribution in [2.45, 2.75) is 13.3 Å². The van der Waals surface area contributed by atoms with Gasteiger partial charge in [0.15, 0.2) is 0 Å². The Morgan fingerprint density at radius 3 is 3.12 bits per heavy atom. The van der Waals surface area contributed by atoms with E-state index in [2.05, 4.69) is 27.2 Å². The number of nitrogens with one attached hydrogen (secondary N) is 1. The largest absolute Gasteiger partial charge is 0.355 e. The van der Waals surface area contributed by atoms with Crippen LogP contribution in [0.2, 0.25) is 0 Å². The van der Waals surface area contributed by atoms with Crippen LogP contribution in [0, 0.1) is 11.8 Å². The summed E-state index contributed by atoms with van der Waals surface area (Å²) in [4.78, 5) is 13.3. The number of rotatable bonds is 3. The lowest BCUT2D eigenvalue weighted by Crippen LogP contribution is -2.20. The number of amides is 1. The molecule has 0 aliphatic heterocycles. The van der Waals surface area contributed by atoms with Crippen molar-refractivity contribution in [2.24, 2.45) is 5.11 Å². The zero-order chi connectivity index (χ0) is 12.5. The Hall–Kier alpha value is -2.44. The molecule has 0 aromatic heterocycles. The molecule has 0 atom stereocenters. The predicted octanol–water partition coefficient (Wildman–Crippen LogP) is 2.51. The van der Waals surface area contributed by atoms with E-state index in [0.717, 1.165) is 5.56 Å². The fourth-order valence-electron chi connectivity index (χ4n) is 1.16. The van der Waals surface area contributed by atoms with E-state index < -0.39 is 0 Å². The molecule has 1 aromatic rings. The predicted molar refractivity (Wildman–Crippen MR) is 65.4 cm³/mol. The topological polar surface area (TPSA) is 77.9 Å². The van der Waals surface area contributed by atoms with Crippen LogP contribution in [0.3, 0.4) is 0 Å². The second-order valence-corrected chi connectivity index (χ2v) is 3.27. The summed E-state index contributed by atoms with van der Waals surface area (Å²) in [6.07, 6.45) is 0.589. The van der Waals surface area contributed by atoms with Crippen LogP contribution in [0.5, 0.6) is 0 Å². The van der Waals surface area contributed by atoms with Crippen molar-refractivity contribution in [3.8, 4) is 11.8 Å². The normalized spacial score (nSPS) is 8.53. The fraction of sp³-hybridized carbons (Fsp3) is 0.250. The van der Waals surface area contributed by atoms with Gasteiger partial charge in [0.25, 0.3) is 0 Å². The smallest absolute Gasteiger partial charge is 0.216 e. The summed E-state index contributed by atoms with van der Waals surface area (Å²) < 4.78 is 0. The van der Waals surface area contributed by atoms with Gasteiger partial charge in [0.05, 0.1) is 0 Å². The molecule has 17 heavy (non-hydrogen) atoms. The van der Waals surface area contributed by atoms with Crippen LogP contribution in [-0.2, 0) is 4.79 Å². The third-order valence-corrected chi connectivity index (χ3v) is 1.86. The molecule has 0 aliphatic carbocycles. The number of hydrogen-bond acceptors (Lipinski definition) is 2. The Balaban J connectivity index is 2.56.